The van der Waals surface area contributed by atoms with Gasteiger partial charge in [0.15, 0.2) is 0 Å². The van der Waals surface area contributed by atoms with Crippen molar-refractivity contribution >= 4 is 27.3 Å². The number of aromatic nitrogens is 1. The van der Waals surface area contributed by atoms with Gasteiger partial charge in [0.2, 0.25) is 0 Å². The van der Waals surface area contributed by atoms with Gasteiger partial charge in [-0.3, -0.25) is 4.98 Å². The fraction of sp³-hybridized carbons (Fsp3) is 0.308. The van der Waals surface area contributed by atoms with Gasteiger partial charge in [0, 0.05) is 34.2 Å². The first-order valence-corrected chi connectivity index (χ1v) is 7.33. The monoisotopic (exact) mass is 310 g/mol. The molecule has 4 heteroatoms. The largest absolute Gasteiger partial charge is 0.310 e. The van der Waals surface area contributed by atoms with Crippen LogP contribution in [-0.2, 0) is 6.42 Å². The Balaban J connectivity index is 2.16. The molecule has 0 bridgehead atoms. The molecule has 0 saturated heterocycles. The average Bonchev–Trinajstić information content (AvgIpc) is 2.81. The zero-order valence-electron chi connectivity index (χ0n) is 9.69. The van der Waals surface area contributed by atoms with E-state index in [1.807, 2.05) is 12.4 Å². The normalized spacial score (nSPS) is 12.6. The summed E-state index contributed by atoms with van der Waals surface area (Å²) >= 11 is 5.28. The molecule has 0 aromatic carbocycles. The topological polar surface area (TPSA) is 24.9 Å². The Morgan fingerprint density at radius 2 is 2.35 bits per heavy atom. The highest BCUT2D eigenvalue weighted by Crippen LogP contribution is 2.22. The minimum atomic E-state index is 0.337. The maximum Gasteiger partial charge on any atom is 0.0410 e. The number of rotatable bonds is 5. The van der Waals surface area contributed by atoms with Crippen LogP contribution in [0.5, 0.6) is 0 Å². The van der Waals surface area contributed by atoms with Gasteiger partial charge in [-0.1, -0.05) is 13.0 Å². The fourth-order valence-electron chi connectivity index (χ4n) is 1.80. The van der Waals surface area contributed by atoms with Crippen LogP contribution in [0.25, 0.3) is 0 Å². The molecule has 17 heavy (non-hydrogen) atoms. The lowest BCUT2D eigenvalue weighted by molar-refractivity contribution is 0.551. The summed E-state index contributed by atoms with van der Waals surface area (Å²) in [4.78, 5) is 5.63. The van der Waals surface area contributed by atoms with E-state index in [0.29, 0.717) is 6.04 Å². The van der Waals surface area contributed by atoms with Gasteiger partial charge in [-0.05, 0) is 45.6 Å². The first kappa shape index (κ1) is 12.7. The van der Waals surface area contributed by atoms with Gasteiger partial charge in [0.05, 0.1) is 0 Å². The van der Waals surface area contributed by atoms with Crippen molar-refractivity contribution in [3.05, 3.63) is 50.9 Å². The molecular formula is C13H15BrN2S. The molecule has 2 aromatic rings. The summed E-state index contributed by atoms with van der Waals surface area (Å²) in [5, 5.41) is 5.63. The van der Waals surface area contributed by atoms with E-state index in [0.717, 1.165) is 17.4 Å². The third-order valence-corrected chi connectivity index (χ3v) is 3.90. The maximum atomic E-state index is 4.23. The minimum absolute atomic E-state index is 0.337. The lowest BCUT2D eigenvalue weighted by atomic mass is 10.1. The molecule has 2 nitrogen and oxygen atoms in total. The molecule has 1 atom stereocenters. The van der Waals surface area contributed by atoms with Gasteiger partial charge in [-0.2, -0.15) is 0 Å². The molecule has 0 aliphatic rings. The van der Waals surface area contributed by atoms with Gasteiger partial charge in [-0.25, -0.2) is 0 Å². The summed E-state index contributed by atoms with van der Waals surface area (Å²) in [5.41, 5.74) is 1.23. The molecule has 0 amide bonds. The second-order valence-electron chi connectivity index (χ2n) is 3.83. The summed E-state index contributed by atoms with van der Waals surface area (Å²) in [7, 11) is 0. The fourth-order valence-corrected chi connectivity index (χ4v) is 2.94. The summed E-state index contributed by atoms with van der Waals surface area (Å²) < 4.78 is 1.03. The minimum Gasteiger partial charge on any atom is -0.310 e. The predicted octanol–water partition coefficient (Wildman–Crippen LogP) is 3.80. The molecule has 0 saturated carbocycles. The molecule has 2 rings (SSSR count). The van der Waals surface area contributed by atoms with Crippen LogP contribution in [0.1, 0.15) is 23.4 Å². The molecule has 1 unspecified atom stereocenters. The van der Waals surface area contributed by atoms with Gasteiger partial charge in [-0.15, -0.1) is 11.3 Å². The molecule has 0 aliphatic carbocycles. The molecule has 0 fully saturated rings. The van der Waals surface area contributed by atoms with Crippen LogP contribution in [0.4, 0.5) is 0 Å². The molecule has 90 valence electrons. The first-order chi connectivity index (χ1) is 8.29. The Morgan fingerprint density at radius 3 is 3.00 bits per heavy atom. The van der Waals surface area contributed by atoms with Crippen LogP contribution in [0.2, 0.25) is 0 Å². The van der Waals surface area contributed by atoms with E-state index >= 15 is 0 Å². The van der Waals surface area contributed by atoms with Gasteiger partial charge in [0.25, 0.3) is 0 Å². The Hall–Kier alpha value is -0.710. The Morgan fingerprint density at radius 1 is 1.47 bits per heavy atom. The van der Waals surface area contributed by atoms with Crippen molar-refractivity contribution in [2.24, 2.45) is 0 Å². The third kappa shape index (κ3) is 3.63. The number of thiophene rings is 1. The lowest BCUT2D eigenvalue weighted by Gasteiger charge is -2.17. The van der Waals surface area contributed by atoms with Crippen LogP contribution < -0.4 is 5.32 Å². The number of pyridine rings is 1. The van der Waals surface area contributed by atoms with Crippen LogP contribution in [0.15, 0.2) is 40.4 Å². The van der Waals surface area contributed by atoms with Gasteiger partial charge in [0.1, 0.15) is 0 Å². The van der Waals surface area contributed by atoms with E-state index in [-0.39, 0.29) is 0 Å². The van der Waals surface area contributed by atoms with Gasteiger partial charge < -0.3 is 5.32 Å². The summed E-state index contributed by atoms with van der Waals surface area (Å²) in [6.07, 6.45) is 4.77. The summed E-state index contributed by atoms with van der Waals surface area (Å²) in [6, 6.07) is 6.75. The number of nitrogens with zero attached hydrogens (tertiary/aromatic N) is 1. The van der Waals surface area contributed by atoms with Crippen LogP contribution in [0.3, 0.4) is 0 Å². The SMILES string of the molecule is CCNC(Cc1cccs1)c1cncc(Br)c1. The van der Waals surface area contributed by atoms with Crippen molar-refractivity contribution in [1.29, 1.82) is 0 Å². The van der Waals surface area contributed by atoms with Crippen molar-refractivity contribution in [2.45, 2.75) is 19.4 Å². The van der Waals surface area contributed by atoms with E-state index < -0.39 is 0 Å². The number of hydrogen-bond acceptors (Lipinski definition) is 3. The van der Waals surface area contributed by atoms with Crippen LogP contribution >= 0.6 is 27.3 Å². The zero-order chi connectivity index (χ0) is 12.1. The smallest absolute Gasteiger partial charge is 0.0410 e. The average molecular weight is 311 g/mol. The highest BCUT2D eigenvalue weighted by molar-refractivity contribution is 9.10. The van der Waals surface area contributed by atoms with Crippen molar-refractivity contribution in [2.75, 3.05) is 6.54 Å². The molecule has 2 aromatic heterocycles. The predicted molar refractivity (Wildman–Crippen MR) is 76.4 cm³/mol. The van der Waals surface area contributed by atoms with Crippen LogP contribution in [0, 0.1) is 0 Å². The Labute approximate surface area is 114 Å². The quantitative estimate of drug-likeness (QED) is 0.908. The first-order valence-electron chi connectivity index (χ1n) is 5.66. The van der Waals surface area contributed by atoms with Crippen LogP contribution in [-0.4, -0.2) is 11.5 Å². The standard InChI is InChI=1S/C13H15BrN2S/c1-2-16-13(7-12-4-3-5-17-12)10-6-11(14)9-15-8-10/h3-6,8-9,13,16H,2,7H2,1H3. The summed E-state index contributed by atoms with van der Waals surface area (Å²) in [6.45, 7) is 3.09. The number of hydrogen-bond donors (Lipinski definition) is 1. The van der Waals surface area contributed by atoms with Gasteiger partial charge >= 0.3 is 0 Å². The second kappa shape index (κ2) is 6.28. The third-order valence-electron chi connectivity index (χ3n) is 2.56. The highest BCUT2D eigenvalue weighted by Gasteiger charge is 2.12. The summed E-state index contributed by atoms with van der Waals surface area (Å²) in [5.74, 6) is 0. The van der Waals surface area contributed by atoms with E-state index in [4.69, 9.17) is 0 Å². The van der Waals surface area contributed by atoms with E-state index in [9.17, 15) is 0 Å². The zero-order valence-corrected chi connectivity index (χ0v) is 12.1. The van der Waals surface area contributed by atoms with E-state index in [2.05, 4.69) is 56.7 Å². The lowest BCUT2D eigenvalue weighted by Crippen LogP contribution is -2.22. The molecule has 0 radical (unpaired) electrons. The number of halogens is 1. The molecule has 0 spiro atoms. The molecule has 0 aliphatic heterocycles. The van der Waals surface area contributed by atoms with Crippen molar-refractivity contribution in [3.63, 3.8) is 0 Å². The Kier molecular flexibility index (Phi) is 4.71. The van der Waals surface area contributed by atoms with E-state index in [1.165, 1.54) is 10.4 Å². The second-order valence-corrected chi connectivity index (χ2v) is 5.78. The molecular weight excluding hydrogens is 296 g/mol. The van der Waals surface area contributed by atoms with Crippen molar-refractivity contribution in [1.82, 2.24) is 10.3 Å². The number of likely N-dealkylation sites (N-methyl/N-ethyl adjacent to an activating group) is 1. The van der Waals surface area contributed by atoms with Crippen molar-refractivity contribution < 1.29 is 0 Å². The molecule has 1 N–H and O–H groups in total. The highest BCUT2D eigenvalue weighted by atomic mass is 79.9. The Bertz CT molecular complexity index is 456. The number of nitrogens with one attached hydrogen (secondary N) is 1. The van der Waals surface area contributed by atoms with E-state index in [1.54, 1.807) is 11.3 Å². The maximum absolute atomic E-state index is 4.23. The molecule has 2 heterocycles. The van der Waals surface area contributed by atoms with Crippen molar-refractivity contribution in [3.8, 4) is 0 Å².